The zero-order valence-electron chi connectivity index (χ0n) is 17.1. The van der Waals surface area contributed by atoms with Gasteiger partial charge in [-0.1, -0.05) is 64.7 Å². The maximum absolute atomic E-state index is 10.9. The van der Waals surface area contributed by atoms with Crippen molar-refractivity contribution < 1.29 is 19.5 Å². The van der Waals surface area contributed by atoms with Crippen LogP contribution >= 0.6 is 0 Å². The van der Waals surface area contributed by atoms with E-state index in [0.717, 1.165) is 19.4 Å². The summed E-state index contributed by atoms with van der Waals surface area (Å²) >= 11 is 0. The Kier molecular flexibility index (Phi) is 14.1. The van der Waals surface area contributed by atoms with Crippen LogP contribution in [0.4, 0.5) is 0 Å². The van der Waals surface area contributed by atoms with Gasteiger partial charge in [-0.2, -0.15) is 0 Å². The molecule has 0 aliphatic heterocycles. The van der Waals surface area contributed by atoms with E-state index in [4.69, 9.17) is 0 Å². The molecule has 0 fully saturated rings. The number of aliphatic hydroxyl groups excluding tert-OH is 1. The highest BCUT2D eigenvalue weighted by Gasteiger charge is 2.18. The van der Waals surface area contributed by atoms with Gasteiger partial charge in [0.15, 0.2) is 0 Å². The van der Waals surface area contributed by atoms with Crippen LogP contribution in [0.2, 0.25) is 0 Å². The van der Waals surface area contributed by atoms with Gasteiger partial charge >= 0.3 is 0 Å². The molecular formula is C20H42N2O3. The Bertz CT molecular complexity index is 329. The zero-order chi connectivity index (χ0) is 19.1. The van der Waals surface area contributed by atoms with Crippen LogP contribution in [0.25, 0.3) is 0 Å². The molecule has 0 bridgehead atoms. The first-order chi connectivity index (χ1) is 11.7. The van der Waals surface area contributed by atoms with Crippen LogP contribution in [0.1, 0.15) is 71.1 Å². The maximum Gasteiger partial charge on any atom is 0.115 e. The lowest BCUT2D eigenvalue weighted by Crippen LogP contribution is -2.48. The van der Waals surface area contributed by atoms with Gasteiger partial charge in [0, 0.05) is 13.1 Å². The Hall–Kier alpha value is -0.650. The molecule has 0 aromatic heterocycles. The molecule has 150 valence electrons. The van der Waals surface area contributed by atoms with Gasteiger partial charge in [-0.15, -0.1) is 0 Å². The van der Waals surface area contributed by atoms with Crippen molar-refractivity contribution in [2.24, 2.45) is 0 Å². The fourth-order valence-corrected chi connectivity index (χ4v) is 3.23. The minimum atomic E-state index is -1.07. The first-order valence-electron chi connectivity index (χ1n) is 10.2. The summed E-state index contributed by atoms with van der Waals surface area (Å²) in [5.41, 5.74) is 0. The Morgan fingerprint density at radius 3 is 1.88 bits per heavy atom. The quantitative estimate of drug-likeness (QED) is 0.319. The SMILES string of the molecule is CCCCCCCCCCCCN(CC(=O)[O-])CC(O)C[N+](C)(C)C. The molecule has 0 aliphatic rings. The maximum atomic E-state index is 10.9. The molecule has 0 saturated carbocycles. The topological polar surface area (TPSA) is 63.6 Å². The Morgan fingerprint density at radius 1 is 0.960 bits per heavy atom. The number of aliphatic carboxylic acids is 1. The van der Waals surface area contributed by atoms with E-state index in [2.05, 4.69) is 6.92 Å². The summed E-state index contributed by atoms with van der Waals surface area (Å²) in [5, 5.41) is 21.1. The second-order valence-electron chi connectivity index (χ2n) is 8.42. The summed E-state index contributed by atoms with van der Waals surface area (Å²) in [7, 11) is 6.07. The molecule has 1 unspecified atom stereocenters. The van der Waals surface area contributed by atoms with E-state index in [0.29, 0.717) is 17.6 Å². The average Bonchev–Trinajstić information content (AvgIpc) is 2.46. The number of likely N-dealkylation sites (N-methyl/N-ethyl adjacent to an activating group) is 1. The lowest BCUT2D eigenvalue weighted by atomic mass is 10.1. The fourth-order valence-electron chi connectivity index (χ4n) is 3.23. The number of unbranched alkanes of at least 4 members (excludes halogenated alkanes) is 9. The van der Waals surface area contributed by atoms with E-state index in [9.17, 15) is 15.0 Å². The summed E-state index contributed by atoms with van der Waals surface area (Å²) in [4.78, 5) is 12.7. The van der Waals surface area contributed by atoms with Crippen molar-refractivity contribution >= 4 is 5.97 Å². The molecule has 5 heteroatoms. The molecule has 0 spiro atoms. The second-order valence-corrected chi connectivity index (χ2v) is 8.42. The molecule has 0 saturated heterocycles. The van der Waals surface area contributed by atoms with Gasteiger partial charge in [0.25, 0.3) is 0 Å². The van der Waals surface area contributed by atoms with Gasteiger partial charge in [-0.05, 0) is 13.0 Å². The molecule has 0 aliphatic carbocycles. The smallest absolute Gasteiger partial charge is 0.115 e. The molecule has 0 heterocycles. The third kappa shape index (κ3) is 18.0. The van der Waals surface area contributed by atoms with Crippen LogP contribution in [0, 0.1) is 0 Å². The standard InChI is InChI=1S/C20H42N2O3/c1-5-6-7-8-9-10-11-12-13-14-15-21(17-20(24)25)16-19(23)18-22(2,3)4/h19,23H,5-18H2,1-4H3. The Morgan fingerprint density at radius 2 is 1.44 bits per heavy atom. The van der Waals surface area contributed by atoms with Gasteiger partial charge in [0.05, 0.1) is 27.1 Å². The van der Waals surface area contributed by atoms with E-state index in [1.54, 1.807) is 0 Å². The van der Waals surface area contributed by atoms with Gasteiger partial charge in [0.1, 0.15) is 12.6 Å². The molecule has 0 aromatic rings. The van der Waals surface area contributed by atoms with E-state index in [-0.39, 0.29) is 6.54 Å². The van der Waals surface area contributed by atoms with Gasteiger partial charge in [0.2, 0.25) is 0 Å². The number of carbonyl (C=O) groups is 1. The predicted molar refractivity (Wildman–Crippen MR) is 102 cm³/mol. The monoisotopic (exact) mass is 358 g/mol. The fraction of sp³-hybridized carbons (Fsp3) is 0.950. The minimum absolute atomic E-state index is 0.0916. The van der Waals surface area contributed by atoms with Crippen molar-refractivity contribution in [2.75, 3.05) is 47.3 Å². The highest BCUT2D eigenvalue weighted by molar-refractivity contribution is 5.66. The van der Waals surface area contributed by atoms with E-state index in [1.807, 2.05) is 26.0 Å². The average molecular weight is 359 g/mol. The van der Waals surface area contributed by atoms with Crippen LogP contribution in [-0.2, 0) is 4.79 Å². The Labute approximate surface area is 155 Å². The first kappa shape index (κ1) is 24.4. The number of nitrogens with zero attached hydrogens (tertiary/aromatic N) is 2. The van der Waals surface area contributed by atoms with Crippen molar-refractivity contribution in [1.82, 2.24) is 4.90 Å². The van der Waals surface area contributed by atoms with Gasteiger partial charge in [-0.25, -0.2) is 0 Å². The number of hydrogen-bond donors (Lipinski definition) is 1. The number of rotatable bonds is 17. The van der Waals surface area contributed by atoms with Crippen molar-refractivity contribution in [2.45, 2.75) is 77.2 Å². The summed E-state index contributed by atoms with van der Waals surface area (Å²) in [6.45, 7) is 3.89. The van der Waals surface area contributed by atoms with E-state index < -0.39 is 12.1 Å². The van der Waals surface area contributed by atoms with Crippen LogP contribution in [0.3, 0.4) is 0 Å². The van der Waals surface area contributed by atoms with Gasteiger partial charge in [-0.3, -0.25) is 4.90 Å². The molecule has 5 nitrogen and oxygen atoms in total. The van der Waals surface area contributed by atoms with Crippen LogP contribution in [0.5, 0.6) is 0 Å². The summed E-state index contributed by atoms with van der Waals surface area (Å²) < 4.78 is 0.665. The van der Waals surface area contributed by atoms with Gasteiger partial charge < -0.3 is 19.5 Å². The molecule has 0 amide bonds. The molecule has 0 radical (unpaired) electrons. The van der Waals surface area contributed by atoms with Crippen molar-refractivity contribution in [3.63, 3.8) is 0 Å². The summed E-state index contributed by atoms with van der Waals surface area (Å²) in [6.07, 6.45) is 12.1. The number of carboxylic acid groups (broad SMARTS) is 1. The van der Waals surface area contributed by atoms with Crippen LogP contribution < -0.4 is 5.11 Å². The molecule has 0 rings (SSSR count). The molecular weight excluding hydrogens is 316 g/mol. The van der Waals surface area contributed by atoms with E-state index in [1.165, 1.54) is 51.4 Å². The Balaban J connectivity index is 3.84. The third-order valence-electron chi connectivity index (χ3n) is 4.41. The van der Waals surface area contributed by atoms with Crippen molar-refractivity contribution in [1.29, 1.82) is 0 Å². The molecule has 1 N–H and O–H groups in total. The highest BCUT2D eigenvalue weighted by atomic mass is 16.4. The summed E-state index contributed by atoms with van der Waals surface area (Å²) in [6, 6.07) is 0. The van der Waals surface area contributed by atoms with Crippen LogP contribution in [-0.4, -0.2) is 73.9 Å². The number of carboxylic acids is 1. The second kappa shape index (κ2) is 14.5. The number of hydrogen-bond acceptors (Lipinski definition) is 4. The predicted octanol–water partition coefficient (Wildman–Crippen LogP) is 2.03. The number of aliphatic hydroxyl groups is 1. The van der Waals surface area contributed by atoms with Crippen molar-refractivity contribution in [3.8, 4) is 0 Å². The number of quaternary nitrogens is 1. The van der Waals surface area contributed by atoms with E-state index >= 15 is 0 Å². The third-order valence-corrected chi connectivity index (χ3v) is 4.41. The number of carbonyl (C=O) groups excluding carboxylic acids is 1. The molecule has 0 aromatic carbocycles. The normalized spacial score (nSPS) is 13.4. The molecule has 1 atom stereocenters. The lowest BCUT2D eigenvalue weighted by molar-refractivity contribution is -0.873. The lowest BCUT2D eigenvalue weighted by Gasteiger charge is -2.30. The van der Waals surface area contributed by atoms with Crippen molar-refractivity contribution in [3.05, 3.63) is 0 Å². The zero-order valence-corrected chi connectivity index (χ0v) is 17.1. The first-order valence-corrected chi connectivity index (χ1v) is 10.2. The minimum Gasteiger partial charge on any atom is -0.549 e. The molecule has 25 heavy (non-hydrogen) atoms. The van der Waals surface area contributed by atoms with Crippen LogP contribution in [0.15, 0.2) is 0 Å². The largest absolute Gasteiger partial charge is 0.549 e. The summed E-state index contributed by atoms with van der Waals surface area (Å²) in [5.74, 6) is -1.07. The highest BCUT2D eigenvalue weighted by Crippen LogP contribution is 2.11.